The molecular formula is C21H18ClF2N3OS. The van der Waals surface area contributed by atoms with Crippen molar-refractivity contribution in [2.75, 3.05) is 0 Å². The second-order valence-corrected chi connectivity index (χ2v) is 8.02. The molecule has 0 bridgehead atoms. The van der Waals surface area contributed by atoms with Crippen molar-refractivity contribution >= 4 is 28.8 Å². The summed E-state index contributed by atoms with van der Waals surface area (Å²) < 4.78 is 27.3. The Bertz CT molecular complexity index is 1070. The van der Waals surface area contributed by atoms with E-state index < -0.39 is 18.0 Å². The quantitative estimate of drug-likeness (QED) is 0.585. The average Bonchev–Trinajstić information content (AvgIpc) is 3.24. The fraction of sp³-hybridized carbons (Fsp3) is 0.238. The van der Waals surface area contributed by atoms with Gasteiger partial charge in [0.05, 0.1) is 15.5 Å². The number of carbonyl (C=O) groups is 1. The monoisotopic (exact) mass is 433 g/mol. The maximum atomic E-state index is 13.1. The summed E-state index contributed by atoms with van der Waals surface area (Å²) in [4.78, 5) is 14.1. The van der Waals surface area contributed by atoms with Gasteiger partial charge in [0.2, 0.25) is 0 Å². The highest BCUT2D eigenvalue weighted by Crippen LogP contribution is 2.28. The fourth-order valence-electron chi connectivity index (χ4n) is 2.74. The van der Waals surface area contributed by atoms with E-state index in [2.05, 4.69) is 22.3 Å². The number of amides is 1. The van der Waals surface area contributed by atoms with Crippen molar-refractivity contribution in [1.29, 1.82) is 0 Å². The number of carbonyl (C=O) groups excluding carboxylic acids is 1. The number of halogens is 3. The lowest BCUT2D eigenvalue weighted by Crippen LogP contribution is -2.34. The van der Waals surface area contributed by atoms with E-state index in [-0.39, 0.29) is 11.6 Å². The van der Waals surface area contributed by atoms with Gasteiger partial charge < -0.3 is 5.32 Å². The molecule has 3 rings (SSSR count). The molecule has 0 spiro atoms. The molecule has 150 valence electrons. The van der Waals surface area contributed by atoms with Crippen LogP contribution in [-0.2, 0) is 13.5 Å². The Morgan fingerprint density at radius 2 is 2.03 bits per heavy atom. The molecule has 1 N–H and O–H groups in total. The van der Waals surface area contributed by atoms with Gasteiger partial charge in [-0.3, -0.25) is 9.48 Å². The van der Waals surface area contributed by atoms with E-state index in [1.807, 2.05) is 30.3 Å². The number of rotatable bonds is 5. The van der Waals surface area contributed by atoms with Crippen molar-refractivity contribution in [2.24, 2.45) is 7.05 Å². The Morgan fingerprint density at radius 3 is 2.72 bits per heavy atom. The molecule has 0 radical (unpaired) electrons. The van der Waals surface area contributed by atoms with Crippen molar-refractivity contribution in [2.45, 2.75) is 25.8 Å². The molecule has 0 saturated carbocycles. The summed E-state index contributed by atoms with van der Waals surface area (Å²) in [6.07, 6.45) is -1.06. The summed E-state index contributed by atoms with van der Waals surface area (Å²) in [6, 6.07) is 11.1. The number of hydrogen-bond acceptors (Lipinski definition) is 3. The van der Waals surface area contributed by atoms with Gasteiger partial charge in [0.25, 0.3) is 12.3 Å². The number of alkyl halides is 2. The standard InChI is InChI=1S/C21H18ClF2N3OS/c1-13(25-21(28)16-12-27(2)26-19(16)20(23)24)10-18-17(22)11-15(29-18)9-8-14-6-4-3-5-7-14/h3-7,11-13,20H,10H2,1-2H3,(H,25,28). The van der Waals surface area contributed by atoms with Crippen LogP contribution in [0.4, 0.5) is 8.78 Å². The van der Waals surface area contributed by atoms with Gasteiger partial charge in [-0.1, -0.05) is 41.6 Å². The number of thiophene rings is 1. The molecule has 1 unspecified atom stereocenters. The Kier molecular flexibility index (Phi) is 6.68. The van der Waals surface area contributed by atoms with E-state index in [9.17, 15) is 13.6 Å². The zero-order chi connectivity index (χ0) is 21.0. The van der Waals surface area contributed by atoms with Crippen molar-refractivity contribution in [3.63, 3.8) is 0 Å². The van der Waals surface area contributed by atoms with Gasteiger partial charge in [0.15, 0.2) is 0 Å². The van der Waals surface area contributed by atoms with Gasteiger partial charge in [-0.15, -0.1) is 11.3 Å². The van der Waals surface area contributed by atoms with Gasteiger partial charge in [-0.2, -0.15) is 5.10 Å². The number of nitrogens with zero attached hydrogens (tertiary/aromatic N) is 2. The zero-order valence-electron chi connectivity index (χ0n) is 15.7. The Balaban J connectivity index is 1.67. The van der Waals surface area contributed by atoms with Crippen LogP contribution in [0, 0.1) is 11.8 Å². The lowest BCUT2D eigenvalue weighted by molar-refractivity contribution is 0.0925. The van der Waals surface area contributed by atoms with Crippen molar-refractivity contribution in [3.8, 4) is 11.8 Å². The first-order valence-electron chi connectivity index (χ1n) is 8.81. The molecule has 0 fully saturated rings. The van der Waals surface area contributed by atoms with Crippen LogP contribution in [0.2, 0.25) is 5.02 Å². The van der Waals surface area contributed by atoms with Crippen molar-refractivity contribution in [3.05, 3.63) is 74.2 Å². The molecule has 0 aliphatic rings. The molecule has 0 aliphatic heterocycles. The van der Waals surface area contributed by atoms with E-state index in [4.69, 9.17) is 11.6 Å². The van der Waals surface area contributed by atoms with E-state index >= 15 is 0 Å². The van der Waals surface area contributed by atoms with Crippen LogP contribution in [0.15, 0.2) is 42.6 Å². The predicted octanol–water partition coefficient (Wildman–Crippen LogP) is 4.83. The summed E-state index contributed by atoms with van der Waals surface area (Å²) in [6.45, 7) is 1.79. The first-order valence-corrected chi connectivity index (χ1v) is 10.0. The van der Waals surface area contributed by atoms with Crippen LogP contribution in [0.25, 0.3) is 0 Å². The molecule has 0 aliphatic carbocycles. The molecule has 1 atom stereocenters. The molecule has 29 heavy (non-hydrogen) atoms. The van der Waals surface area contributed by atoms with Crippen LogP contribution in [0.5, 0.6) is 0 Å². The third-order valence-corrected chi connectivity index (χ3v) is 5.56. The molecular weight excluding hydrogens is 416 g/mol. The summed E-state index contributed by atoms with van der Waals surface area (Å²) in [5, 5.41) is 6.96. The number of aromatic nitrogens is 2. The van der Waals surface area contributed by atoms with Crippen LogP contribution >= 0.6 is 22.9 Å². The molecule has 2 aromatic heterocycles. The summed E-state index contributed by atoms with van der Waals surface area (Å²) in [5.41, 5.74) is 0.261. The highest BCUT2D eigenvalue weighted by molar-refractivity contribution is 7.13. The maximum absolute atomic E-state index is 13.1. The van der Waals surface area contributed by atoms with Crippen LogP contribution < -0.4 is 5.32 Å². The Labute approximate surface area is 176 Å². The SMILES string of the molecule is CC(Cc1sc(C#Cc2ccccc2)cc1Cl)NC(=O)c1cn(C)nc1C(F)F. The highest BCUT2D eigenvalue weighted by atomic mass is 35.5. The van der Waals surface area contributed by atoms with Crippen LogP contribution in [-0.4, -0.2) is 21.7 Å². The summed E-state index contributed by atoms with van der Waals surface area (Å²) in [5.74, 6) is 5.58. The molecule has 3 aromatic rings. The molecule has 2 heterocycles. The zero-order valence-corrected chi connectivity index (χ0v) is 17.3. The fourth-order valence-corrected chi connectivity index (χ4v) is 4.14. The topological polar surface area (TPSA) is 46.9 Å². The number of benzene rings is 1. The van der Waals surface area contributed by atoms with Gasteiger partial charge in [-0.05, 0) is 25.1 Å². The van der Waals surface area contributed by atoms with E-state index in [1.54, 1.807) is 13.0 Å². The third kappa shape index (κ3) is 5.43. The second-order valence-electron chi connectivity index (χ2n) is 6.48. The molecule has 0 saturated heterocycles. The highest BCUT2D eigenvalue weighted by Gasteiger charge is 2.23. The smallest absolute Gasteiger partial charge is 0.282 e. The van der Waals surface area contributed by atoms with Gasteiger partial charge in [-0.25, -0.2) is 8.78 Å². The first kappa shape index (κ1) is 21.0. The minimum atomic E-state index is -2.82. The van der Waals surface area contributed by atoms with Gasteiger partial charge >= 0.3 is 0 Å². The first-order chi connectivity index (χ1) is 13.8. The van der Waals surface area contributed by atoms with Crippen LogP contribution in [0.1, 0.15) is 44.7 Å². The lowest BCUT2D eigenvalue weighted by Gasteiger charge is -2.13. The van der Waals surface area contributed by atoms with E-state index in [1.165, 1.54) is 29.3 Å². The maximum Gasteiger partial charge on any atom is 0.282 e. The van der Waals surface area contributed by atoms with Crippen LogP contribution in [0.3, 0.4) is 0 Å². The van der Waals surface area contributed by atoms with Gasteiger partial charge in [0.1, 0.15) is 5.69 Å². The minimum Gasteiger partial charge on any atom is -0.349 e. The average molecular weight is 434 g/mol. The molecule has 1 amide bonds. The predicted molar refractivity (Wildman–Crippen MR) is 111 cm³/mol. The molecule has 8 heteroatoms. The number of aryl methyl sites for hydroxylation is 1. The normalized spacial score (nSPS) is 11.8. The van der Waals surface area contributed by atoms with Crippen molar-refractivity contribution < 1.29 is 13.6 Å². The largest absolute Gasteiger partial charge is 0.349 e. The van der Waals surface area contributed by atoms with Crippen molar-refractivity contribution in [1.82, 2.24) is 15.1 Å². The number of hydrogen-bond donors (Lipinski definition) is 1. The number of nitrogens with one attached hydrogen (secondary N) is 1. The molecule has 1 aromatic carbocycles. The van der Waals surface area contributed by atoms with E-state index in [0.29, 0.717) is 11.4 Å². The third-order valence-electron chi connectivity index (χ3n) is 4.04. The molecule has 4 nitrogen and oxygen atoms in total. The van der Waals surface area contributed by atoms with E-state index in [0.717, 1.165) is 15.3 Å². The van der Waals surface area contributed by atoms with Gasteiger partial charge in [0, 0.05) is 36.1 Å². The minimum absolute atomic E-state index is 0.124. The second kappa shape index (κ2) is 9.21. The summed E-state index contributed by atoms with van der Waals surface area (Å²) in [7, 11) is 1.50. The lowest BCUT2D eigenvalue weighted by atomic mass is 10.1. The Morgan fingerprint density at radius 1 is 1.31 bits per heavy atom. The summed E-state index contributed by atoms with van der Waals surface area (Å²) >= 11 is 7.76. The Hall–Kier alpha value is -2.69.